The number of imidazole rings is 1. The lowest BCUT2D eigenvalue weighted by molar-refractivity contribution is -0.137. The monoisotopic (exact) mass is 228 g/mol. The van der Waals surface area contributed by atoms with Crippen molar-refractivity contribution in [2.24, 2.45) is 0 Å². The van der Waals surface area contributed by atoms with Crippen molar-refractivity contribution in [2.45, 2.75) is 25.9 Å². The number of nitrogens with zero attached hydrogens (tertiary/aromatic N) is 1. The van der Waals surface area contributed by atoms with Gasteiger partial charge in [-0.3, -0.25) is 0 Å². The molecule has 0 atom stereocenters. The average molecular weight is 228 g/mol. The largest absolute Gasteiger partial charge is 0.416 e. The van der Waals surface area contributed by atoms with Crippen LogP contribution in [0, 0.1) is 0 Å². The lowest BCUT2D eigenvalue weighted by atomic mass is 10.2. The first kappa shape index (κ1) is 11.0. The predicted octanol–water partition coefficient (Wildman–Crippen LogP) is 3.71. The van der Waals surface area contributed by atoms with Gasteiger partial charge in [-0.05, 0) is 18.2 Å². The summed E-state index contributed by atoms with van der Waals surface area (Å²) in [6, 6.07) is 3.53. The van der Waals surface area contributed by atoms with E-state index < -0.39 is 11.7 Å². The molecule has 0 fully saturated rings. The maximum Gasteiger partial charge on any atom is 0.416 e. The molecular weight excluding hydrogens is 217 g/mol. The van der Waals surface area contributed by atoms with E-state index in [1.807, 2.05) is 13.8 Å². The van der Waals surface area contributed by atoms with E-state index in [1.54, 1.807) is 0 Å². The second-order valence-electron chi connectivity index (χ2n) is 4.01. The van der Waals surface area contributed by atoms with Gasteiger partial charge in [-0.1, -0.05) is 13.8 Å². The molecule has 5 heteroatoms. The van der Waals surface area contributed by atoms with Gasteiger partial charge in [0, 0.05) is 5.92 Å². The Labute approximate surface area is 90.5 Å². The second-order valence-corrected chi connectivity index (χ2v) is 4.01. The van der Waals surface area contributed by atoms with Crippen LogP contribution in [-0.2, 0) is 6.18 Å². The van der Waals surface area contributed by atoms with Gasteiger partial charge in [-0.2, -0.15) is 13.2 Å². The molecule has 2 aromatic rings. The topological polar surface area (TPSA) is 28.7 Å². The summed E-state index contributed by atoms with van der Waals surface area (Å²) < 4.78 is 37.3. The second kappa shape index (κ2) is 3.50. The molecule has 1 N–H and O–H groups in total. The molecule has 0 amide bonds. The summed E-state index contributed by atoms with van der Waals surface area (Å²) >= 11 is 0. The van der Waals surface area contributed by atoms with E-state index in [0.717, 1.165) is 12.1 Å². The van der Waals surface area contributed by atoms with Crippen molar-refractivity contribution in [3.63, 3.8) is 0 Å². The summed E-state index contributed by atoms with van der Waals surface area (Å²) in [4.78, 5) is 7.11. The summed E-state index contributed by atoms with van der Waals surface area (Å²) in [7, 11) is 0. The quantitative estimate of drug-likeness (QED) is 0.792. The van der Waals surface area contributed by atoms with Crippen molar-refractivity contribution in [1.82, 2.24) is 9.97 Å². The highest BCUT2D eigenvalue weighted by Crippen LogP contribution is 2.31. The van der Waals surface area contributed by atoms with E-state index in [2.05, 4.69) is 9.97 Å². The van der Waals surface area contributed by atoms with E-state index in [-0.39, 0.29) is 5.92 Å². The SMILES string of the molecule is CC(C)c1nc2ccc(C(F)(F)F)cc2[nH]1. The minimum absolute atomic E-state index is 0.168. The van der Waals surface area contributed by atoms with Crippen molar-refractivity contribution < 1.29 is 13.2 Å². The molecular formula is C11H11F3N2. The molecule has 0 aliphatic carbocycles. The molecule has 0 bridgehead atoms. The number of aromatic amines is 1. The van der Waals surface area contributed by atoms with Crippen LogP contribution >= 0.6 is 0 Å². The molecule has 0 aliphatic rings. The maximum absolute atomic E-state index is 12.4. The fraction of sp³-hybridized carbons (Fsp3) is 0.364. The Hall–Kier alpha value is -1.52. The van der Waals surface area contributed by atoms with Gasteiger partial charge in [0.15, 0.2) is 0 Å². The number of alkyl halides is 3. The van der Waals surface area contributed by atoms with Gasteiger partial charge < -0.3 is 4.98 Å². The summed E-state index contributed by atoms with van der Waals surface area (Å²) in [5.74, 6) is 0.871. The summed E-state index contributed by atoms with van der Waals surface area (Å²) in [6.45, 7) is 3.87. The molecule has 1 heterocycles. The molecule has 0 aliphatic heterocycles. The first-order chi connectivity index (χ1) is 7.38. The van der Waals surface area contributed by atoms with Crippen LogP contribution in [0.5, 0.6) is 0 Å². The van der Waals surface area contributed by atoms with E-state index in [9.17, 15) is 13.2 Å². The van der Waals surface area contributed by atoms with Crippen LogP contribution in [0.4, 0.5) is 13.2 Å². The number of nitrogens with one attached hydrogen (secondary N) is 1. The molecule has 0 saturated heterocycles. The van der Waals surface area contributed by atoms with E-state index >= 15 is 0 Å². The summed E-state index contributed by atoms with van der Waals surface area (Å²) in [6.07, 6.45) is -4.31. The summed E-state index contributed by atoms with van der Waals surface area (Å²) in [5, 5.41) is 0. The van der Waals surface area contributed by atoms with Crippen LogP contribution in [0.3, 0.4) is 0 Å². The lowest BCUT2D eigenvalue weighted by Gasteiger charge is -2.05. The number of rotatable bonds is 1. The molecule has 0 spiro atoms. The summed E-state index contributed by atoms with van der Waals surface area (Å²) in [5.41, 5.74) is 0.342. The molecule has 16 heavy (non-hydrogen) atoms. The van der Waals surface area contributed by atoms with Gasteiger partial charge in [0.2, 0.25) is 0 Å². The number of fused-ring (bicyclic) bond motifs is 1. The Morgan fingerprint density at radius 1 is 1.25 bits per heavy atom. The van der Waals surface area contributed by atoms with Crippen LogP contribution in [-0.4, -0.2) is 9.97 Å². The third-order valence-electron chi connectivity index (χ3n) is 2.37. The Kier molecular flexibility index (Phi) is 2.40. The van der Waals surface area contributed by atoms with E-state index in [0.29, 0.717) is 16.9 Å². The minimum Gasteiger partial charge on any atom is -0.342 e. The highest BCUT2D eigenvalue weighted by molar-refractivity contribution is 5.76. The van der Waals surface area contributed by atoms with Gasteiger partial charge in [0.25, 0.3) is 0 Å². The van der Waals surface area contributed by atoms with Crippen molar-refractivity contribution >= 4 is 11.0 Å². The lowest BCUT2D eigenvalue weighted by Crippen LogP contribution is -2.04. The number of hydrogen-bond acceptors (Lipinski definition) is 1. The molecule has 0 unspecified atom stereocenters. The first-order valence-electron chi connectivity index (χ1n) is 4.95. The van der Waals surface area contributed by atoms with Gasteiger partial charge in [0.1, 0.15) is 5.82 Å². The molecule has 1 aromatic heterocycles. The first-order valence-corrected chi connectivity index (χ1v) is 4.95. The highest BCUT2D eigenvalue weighted by atomic mass is 19.4. The molecule has 2 rings (SSSR count). The number of aromatic nitrogens is 2. The standard InChI is InChI=1S/C11H11F3N2/c1-6(2)10-15-8-4-3-7(11(12,13)14)5-9(8)16-10/h3-6H,1-2H3,(H,15,16). The highest BCUT2D eigenvalue weighted by Gasteiger charge is 2.30. The minimum atomic E-state index is -4.31. The molecule has 2 nitrogen and oxygen atoms in total. The van der Waals surface area contributed by atoms with Crippen molar-refractivity contribution in [3.8, 4) is 0 Å². The van der Waals surface area contributed by atoms with Crippen LogP contribution in [0.2, 0.25) is 0 Å². The zero-order valence-electron chi connectivity index (χ0n) is 8.89. The number of benzene rings is 1. The average Bonchev–Trinajstić information content (AvgIpc) is 2.58. The van der Waals surface area contributed by atoms with Gasteiger partial charge in [-0.15, -0.1) is 0 Å². The molecule has 86 valence electrons. The Morgan fingerprint density at radius 3 is 2.50 bits per heavy atom. The van der Waals surface area contributed by atoms with Gasteiger partial charge in [-0.25, -0.2) is 4.98 Å². The van der Waals surface area contributed by atoms with Crippen LogP contribution in [0.25, 0.3) is 11.0 Å². The van der Waals surface area contributed by atoms with E-state index in [1.165, 1.54) is 6.07 Å². The van der Waals surface area contributed by atoms with E-state index in [4.69, 9.17) is 0 Å². The van der Waals surface area contributed by atoms with Gasteiger partial charge in [0.05, 0.1) is 16.6 Å². The molecule has 1 aromatic carbocycles. The smallest absolute Gasteiger partial charge is 0.342 e. The van der Waals surface area contributed by atoms with Crippen molar-refractivity contribution in [1.29, 1.82) is 0 Å². The van der Waals surface area contributed by atoms with Gasteiger partial charge >= 0.3 is 6.18 Å². The van der Waals surface area contributed by atoms with Crippen LogP contribution in [0.1, 0.15) is 31.2 Å². The Morgan fingerprint density at radius 2 is 1.94 bits per heavy atom. The fourth-order valence-corrected chi connectivity index (χ4v) is 1.48. The number of H-pyrrole nitrogens is 1. The maximum atomic E-state index is 12.4. The Bertz CT molecular complexity index is 511. The zero-order valence-corrected chi connectivity index (χ0v) is 8.89. The fourth-order valence-electron chi connectivity index (χ4n) is 1.48. The number of halogens is 3. The van der Waals surface area contributed by atoms with Crippen molar-refractivity contribution in [2.75, 3.05) is 0 Å². The third kappa shape index (κ3) is 1.89. The third-order valence-corrected chi connectivity index (χ3v) is 2.37. The van der Waals surface area contributed by atoms with Crippen LogP contribution < -0.4 is 0 Å². The number of hydrogen-bond donors (Lipinski definition) is 1. The van der Waals surface area contributed by atoms with Crippen molar-refractivity contribution in [3.05, 3.63) is 29.6 Å². The van der Waals surface area contributed by atoms with Crippen LogP contribution in [0.15, 0.2) is 18.2 Å². The molecule has 0 saturated carbocycles. The normalized spacial score (nSPS) is 12.6. The predicted molar refractivity (Wildman–Crippen MR) is 55.2 cm³/mol. The Balaban J connectivity index is 2.54. The zero-order chi connectivity index (χ0) is 11.9. The molecule has 0 radical (unpaired) electrons.